The van der Waals surface area contributed by atoms with Crippen molar-refractivity contribution in [3.05, 3.63) is 35.9 Å². The molecule has 0 saturated carbocycles. The van der Waals surface area contributed by atoms with E-state index in [1.165, 1.54) is 0 Å². The van der Waals surface area contributed by atoms with Gasteiger partial charge in [0, 0.05) is 18.5 Å². The highest BCUT2D eigenvalue weighted by atomic mass is 16.5. The summed E-state index contributed by atoms with van der Waals surface area (Å²) in [6.45, 7) is 1.80. The molecule has 6 heteroatoms. The molecule has 1 aliphatic rings. The Labute approximate surface area is 121 Å². The summed E-state index contributed by atoms with van der Waals surface area (Å²) in [4.78, 5) is 17.8. The molecule has 0 radical (unpaired) electrons. The molecular formula is C15H16N2O4. The Morgan fingerprint density at radius 3 is 3.00 bits per heavy atom. The van der Waals surface area contributed by atoms with Crippen molar-refractivity contribution >= 4 is 22.7 Å². The second-order valence-electron chi connectivity index (χ2n) is 4.97. The first kappa shape index (κ1) is 13.8. The van der Waals surface area contributed by atoms with Crippen LogP contribution in [0.2, 0.25) is 0 Å². The molecule has 21 heavy (non-hydrogen) atoms. The number of rotatable bonds is 3. The first-order valence-electron chi connectivity index (χ1n) is 6.79. The summed E-state index contributed by atoms with van der Waals surface area (Å²) in [5.41, 5.74) is 0.904. The van der Waals surface area contributed by atoms with Crippen LogP contribution < -0.4 is 4.90 Å². The van der Waals surface area contributed by atoms with Gasteiger partial charge in [0.25, 0.3) is 0 Å². The molecule has 1 atom stereocenters. The van der Waals surface area contributed by atoms with Gasteiger partial charge in [0.1, 0.15) is 5.82 Å². The highest BCUT2D eigenvalue weighted by Crippen LogP contribution is 2.22. The number of pyridine rings is 1. The fourth-order valence-corrected chi connectivity index (χ4v) is 2.54. The number of aliphatic hydroxyl groups is 1. The maximum absolute atomic E-state index is 11.2. The number of nitrogens with zero attached hydrogens (tertiary/aromatic N) is 2. The Hall–Kier alpha value is -2.18. The van der Waals surface area contributed by atoms with E-state index in [0.717, 1.165) is 5.82 Å². The molecule has 1 aliphatic heterocycles. The maximum atomic E-state index is 11.2. The zero-order chi connectivity index (χ0) is 14.8. The fourth-order valence-electron chi connectivity index (χ4n) is 2.54. The molecule has 0 spiro atoms. The minimum absolute atomic E-state index is 0.0206. The Morgan fingerprint density at radius 2 is 2.24 bits per heavy atom. The van der Waals surface area contributed by atoms with Crippen LogP contribution >= 0.6 is 0 Å². The molecule has 1 fully saturated rings. The Balaban J connectivity index is 1.96. The van der Waals surface area contributed by atoms with Crippen molar-refractivity contribution in [2.75, 3.05) is 31.2 Å². The monoisotopic (exact) mass is 288 g/mol. The van der Waals surface area contributed by atoms with E-state index in [-0.39, 0.29) is 18.3 Å². The van der Waals surface area contributed by atoms with Gasteiger partial charge < -0.3 is 19.8 Å². The molecule has 0 aliphatic carbocycles. The average molecular weight is 288 g/mol. The second-order valence-corrected chi connectivity index (χ2v) is 4.97. The van der Waals surface area contributed by atoms with Gasteiger partial charge in [0.15, 0.2) is 0 Å². The van der Waals surface area contributed by atoms with Crippen LogP contribution in [0.15, 0.2) is 30.3 Å². The topological polar surface area (TPSA) is 82.9 Å². The van der Waals surface area contributed by atoms with E-state index in [1.807, 2.05) is 11.0 Å². The largest absolute Gasteiger partial charge is 0.478 e. The number of aromatic carboxylic acids is 1. The number of aliphatic hydroxyl groups excluding tert-OH is 1. The Morgan fingerprint density at radius 1 is 1.38 bits per heavy atom. The molecule has 1 unspecified atom stereocenters. The Kier molecular flexibility index (Phi) is 3.72. The van der Waals surface area contributed by atoms with Crippen LogP contribution in [0.1, 0.15) is 10.4 Å². The highest BCUT2D eigenvalue weighted by molar-refractivity contribution is 6.02. The molecule has 2 aromatic rings. The highest BCUT2D eigenvalue weighted by Gasteiger charge is 2.21. The van der Waals surface area contributed by atoms with Gasteiger partial charge in [-0.3, -0.25) is 0 Å². The predicted octanol–water partition coefficient (Wildman–Crippen LogP) is 1.13. The maximum Gasteiger partial charge on any atom is 0.336 e. The van der Waals surface area contributed by atoms with E-state index < -0.39 is 5.97 Å². The standard InChI is InChI=1S/C15H16N2O4/c18-9-10-8-17(6-7-21-10)14-5-4-11-12(15(19)20)2-1-3-13(11)16-14/h1-5,10,18H,6-9H2,(H,19,20). The van der Waals surface area contributed by atoms with Crippen LogP contribution in [0.25, 0.3) is 10.9 Å². The molecule has 2 N–H and O–H groups in total. The van der Waals surface area contributed by atoms with Crippen LogP contribution in [0.4, 0.5) is 5.82 Å². The molecule has 1 aromatic heterocycles. The second kappa shape index (κ2) is 5.67. The molecule has 1 aromatic carbocycles. The van der Waals surface area contributed by atoms with Crippen molar-refractivity contribution in [3.63, 3.8) is 0 Å². The quantitative estimate of drug-likeness (QED) is 0.881. The number of morpholine rings is 1. The number of hydrogen-bond acceptors (Lipinski definition) is 5. The van der Waals surface area contributed by atoms with Crippen molar-refractivity contribution in [2.45, 2.75) is 6.10 Å². The van der Waals surface area contributed by atoms with Crippen molar-refractivity contribution in [1.82, 2.24) is 4.98 Å². The fraction of sp³-hybridized carbons (Fsp3) is 0.333. The van der Waals surface area contributed by atoms with E-state index in [9.17, 15) is 15.0 Å². The minimum atomic E-state index is -0.957. The summed E-state index contributed by atoms with van der Waals surface area (Å²) < 4.78 is 5.42. The number of hydrogen-bond donors (Lipinski definition) is 2. The summed E-state index contributed by atoms with van der Waals surface area (Å²) in [7, 11) is 0. The van der Waals surface area contributed by atoms with Gasteiger partial charge in [-0.25, -0.2) is 9.78 Å². The van der Waals surface area contributed by atoms with E-state index >= 15 is 0 Å². The summed E-state index contributed by atoms with van der Waals surface area (Å²) in [6.07, 6.45) is -0.207. The van der Waals surface area contributed by atoms with Crippen molar-refractivity contribution < 1.29 is 19.7 Å². The van der Waals surface area contributed by atoms with Gasteiger partial charge in [-0.05, 0) is 24.3 Å². The van der Waals surface area contributed by atoms with Crippen LogP contribution in [0, 0.1) is 0 Å². The third-order valence-electron chi connectivity index (χ3n) is 3.61. The SMILES string of the molecule is O=C(O)c1cccc2nc(N3CCOC(CO)C3)ccc12. The third kappa shape index (κ3) is 2.68. The van der Waals surface area contributed by atoms with Gasteiger partial charge in [-0.15, -0.1) is 0 Å². The Bertz CT molecular complexity index is 674. The van der Waals surface area contributed by atoms with Crippen LogP contribution in [-0.2, 0) is 4.74 Å². The number of carboxylic acids is 1. The van der Waals surface area contributed by atoms with Gasteiger partial charge >= 0.3 is 5.97 Å². The molecule has 1 saturated heterocycles. The molecule has 2 heterocycles. The first-order chi connectivity index (χ1) is 10.2. The van der Waals surface area contributed by atoms with Gasteiger partial charge in [-0.2, -0.15) is 0 Å². The molecule has 0 bridgehead atoms. The first-order valence-corrected chi connectivity index (χ1v) is 6.79. The lowest BCUT2D eigenvalue weighted by atomic mass is 10.1. The van der Waals surface area contributed by atoms with E-state index in [4.69, 9.17) is 4.74 Å². The van der Waals surface area contributed by atoms with Gasteiger partial charge in [-0.1, -0.05) is 6.07 Å². The zero-order valence-corrected chi connectivity index (χ0v) is 11.4. The number of ether oxygens (including phenoxy) is 1. The third-order valence-corrected chi connectivity index (χ3v) is 3.61. The lowest BCUT2D eigenvalue weighted by Gasteiger charge is -2.33. The van der Waals surface area contributed by atoms with Crippen LogP contribution in [0.5, 0.6) is 0 Å². The van der Waals surface area contributed by atoms with E-state index in [2.05, 4.69) is 4.98 Å². The van der Waals surface area contributed by atoms with Crippen molar-refractivity contribution in [1.29, 1.82) is 0 Å². The number of fused-ring (bicyclic) bond motifs is 1. The van der Waals surface area contributed by atoms with E-state index in [1.54, 1.807) is 24.3 Å². The molecule has 0 amide bonds. The molecular weight excluding hydrogens is 272 g/mol. The molecule has 3 rings (SSSR count). The van der Waals surface area contributed by atoms with E-state index in [0.29, 0.717) is 30.6 Å². The van der Waals surface area contributed by atoms with Gasteiger partial charge in [0.2, 0.25) is 0 Å². The lowest BCUT2D eigenvalue weighted by Crippen LogP contribution is -2.44. The van der Waals surface area contributed by atoms with Crippen molar-refractivity contribution in [3.8, 4) is 0 Å². The minimum Gasteiger partial charge on any atom is -0.478 e. The summed E-state index contributed by atoms with van der Waals surface area (Å²) >= 11 is 0. The van der Waals surface area contributed by atoms with Crippen LogP contribution in [0.3, 0.4) is 0 Å². The lowest BCUT2D eigenvalue weighted by molar-refractivity contribution is 0.00338. The summed E-state index contributed by atoms with van der Waals surface area (Å²) in [6, 6.07) is 8.66. The average Bonchev–Trinajstić information content (AvgIpc) is 2.53. The molecule has 6 nitrogen and oxygen atoms in total. The number of aromatic nitrogens is 1. The predicted molar refractivity (Wildman–Crippen MR) is 77.7 cm³/mol. The smallest absolute Gasteiger partial charge is 0.336 e. The number of anilines is 1. The summed E-state index contributed by atoms with van der Waals surface area (Å²) in [5, 5.41) is 19.0. The van der Waals surface area contributed by atoms with Crippen molar-refractivity contribution in [2.24, 2.45) is 0 Å². The number of benzene rings is 1. The number of carboxylic acid groups (broad SMARTS) is 1. The molecule has 110 valence electrons. The van der Waals surface area contributed by atoms with Crippen LogP contribution in [-0.4, -0.2) is 53.6 Å². The zero-order valence-electron chi connectivity index (χ0n) is 11.4. The summed E-state index contributed by atoms with van der Waals surface area (Å²) in [5.74, 6) is -0.186. The van der Waals surface area contributed by atoms with Gasteiger partial charge in [0.05, 0.1) is 30.4 Å². The number of carbonyl (C=O) groups is 1. The normalized spacial score (nSPS) is 18.9.